The number of nitrogens with one attached hydrogen (secondary N) is 1. The van der Waals surface area contributed by atoms with Crippen molar-refractivity contribution in [3.63, 3.8) is 0 Å². The molecule has 1 N–H and O–H groups in total. The van der Waals surface area contributed by atoms with Crippen molar-refractivity contribution in [3.05, 3.63) is 245 Å². The first kappa shape index (κ1) is 60.6. The minimum Gasteiger partial charge on any atom is -0.368 e. The molecule has 4 aliphatic heterocycles. The third kappa shape index (κ3) is 13.3. The largest absolute Gasteiger partial charge is 0.368 e. The molecule has 12 nitrogen and oxygen atoms in total. The van der Waals surface area contributed by atoms with Crippen molar-refractivity contribution in [3.8, 4) is 0 Å². The summed E-state index contributed by atoms with van der Waals surface area (Å²) in [5.41, 5.74) is 9.39. The molecule has 0 radical (unpaired) electrons. The van der Waals surface area contributed by atoms with Crippen molar-refractivity contribution in [2.45, 2.75) is 52.2 Å². The Bertz CT molecular complexity index is 3790. The lowest BCUT2D eigenvalue weighted by atomic mass is 9.93. The number of aryl methyl sites for hydroxylation is 2. The van der Waals surface area contributed by atoms with Crippen LogP contribution in [0.25, 0.3) is 0 Å². The summed E-state index contributed by atoms with van der Waals surface area (Å²) in [6, 6.07) is 39.0. The average Bonchev–Trinajstić information content (AvgIpc) is 2.22. The van der Waals surface area contributed by atoms with Gasteiger partial charge in [0, 0.05) is 111 Å². The highest BCUT2D eigenvalue weighted by Crippen LogP contribution is 2.45. The van der Waals surface area contributed by atoms with Crippen molar-refractivity contribution >= 4 is 92.8 Å². The van der Waals surface area contributed by atoms with Gasteiger partial charge in [0.25, 0.3) is 11.8 Å². The van der Waals surface area contributed by atoms with E-state index >= 15 is 0 Å². The first-order chi connectivity index (χ1) is 40.9. The SMILES string of the molecule is CC1=C(C(=O)N2CCN(c3ccc(F)cc3)CC2)C(c2cccc(Cl)c2Cl)n2nc(C)cc2N1.CC1=C(C(=O)N2CCN(c3ccc(F)cc3)CC2)C(c2cccc(Cl)c2Cl)n2nc(C)cc2N1Cc1ccc(F)cc1.Fc1ccc(CCl)cc1. The topological polar surface area (TPSA) is 98.0 Å². The van der Waals surface area contributed by atoms with E-state index in [1.165, 1.54) is 48.5 Å². The molecule has 2 saturated heterocycles. The smallest absolute Gasteiger partial charge is 0.254 e. The number of carbonyl (C=O) groups excluding carboxylic acids is 2. The van der Waals surface area contributed by atoms with Gasteiger partial charge in [0.1, 0.15) is 47.0 Å². The number of hydrogen-bond donors (Lipinski definition) is 1. The van der Waals surface area contributed by atoms with Crippen molar-refractivity contribution in [1.29, 1.82) is 0 Å². The number of allylic oxidation sites excluding steroid dienone is 2. The minimum absolute atomic E-state index is 0.0661. The van der Waals surface area contributed by atoms with Gasteiger partial charge in [0.05, 0.1) is 42.6 Å². The predicted octanol–water partition coefficient (Wildman–Crippen LogP) is 14.8. The quantitative estimate of drug-likeness (QED) is 0.113. The molecular formula is C64H59Cl5F4N10O2. The Labute approximate surface area is 516 Å². The van der Waals surface area contributed by atoms with Crippen LogP contribution in [-0.2, 0) is 22.0 Å². The molecule has 440 valence electrons. The fourth-order valence-corrected chi connectivity index (χ4v) is 12.0. The van der Waals surface area contributed by atoms with Crippen molar-refractivity contribution < 1.29 is 27.2 Å². The number of rotatable bonds is 9. The van der Waals surface area contributed by atoms with Crippen LogP contribution in [-0.4, -0.2) is 93.5 Å². The maximum absolute atomic E-state index is 14.5. The number of hydrogen-bond acceptors (Lipinski definition) is 8. The van der Waals surface area contributed by atoms with E-state index in [-0.39, 0.29) is 35.1 Å². The molecular weight excluding hydrogens is 1190 g/mol. The number of carbonyl (C=O) groups is 2. The number of benzene rings is 6. The first-order valence-corrected chi connectivity index (χ1v) is 29.5. The third-order valence-corrected chi connectivity index (χ3v) is 17.4. The number of alkyl halides is 1. The molecule has 21 heteroatoms. The van der Waals surface area contributed by atoms with E-state index in [0.717, 1.165) is 62.5 Å². The van der Waals surface area contributed by atoms with Gasteiger partial charge in [-0.1, -0.05) is 94.9 Å². The standard InChI is InChI=1S/C32H29Cl2F2N5O.C25H24Cl2FN5O.C7H6ClF/c1-20-18-28-40(19-22-6-8-23(35)9-7-22)21(2)29(31(41(28)37-20)26-4-3-5-27(33)30(26)34)32(42)39-16-14-38(15-17-39)25-12-10-24(36)11-13-25;1-15-14-21-29-16(2)22(24(33(21)30-15)19-4-3-5-20(26)23(19)27)25(34)32-12-10-31(11-13-32)18-8-6-17(28)7-9-18;8-5-6-1-3-7(9)4-2-6/h3-13,18,31H,14-17,19H2,1-2H3;3-9,14,24,29H,10-13H2,1-2H3;1-4H,5H2. The van der Waals surface area contributed by atoms with Crippen LogP contribution < -0.4 is 20.0 Å². The van der Waals surface area contributed by atoms with Gasteiger partial charge >= 0.3 is 0 Å². The third-order valence-electron chi connectivity index (χ3n) is 15.4. The number of anilines is 4. The van der Waals surface area contributed by atoms with E-state index in [1.807, 2.05) is 88.2 Å². The zero-order valence-electron chi connectivity index (χ0n) is 46.8. The summed E-state index contributed by atoms with van der Waals surface area (Å²) < 4.78 is 56.3. The van der Waals surface area contributed by atoms with Crippen LogP contribution in [0.15, 0.2) is 168 Å². The molecule has 2 aromatic heterocycles. The summed E-state index contributed by atoms with van der Waals surface area (Å²) in [6.07, 6.45) is 0. The highest BCUT2D eigenvalue weighted by molar-refractivity contribution is 6.43. The molecule has 2 fully saturated rings. The predicted molar refractivity (Wildman–Crippen MR) is 331 cm³/mol. The molecule has 2 atom stereocenters. The van der Waals surface area contributed by atoms with Gasteiger partial charge in [0.15, 0.2) is 0 Å². The summed E-state index contributed by atoms with van der Waals surface area (Å²) >= 11 is 31.7. The zero-order chi connectivity index (χ0) is 60.2. The van der Waals surface area contributed by atoms with Crippen molar-refractivity contribution in [2.24, 2.45) is 0 Å². The van der Waals surface area contributed by atoms with Crippen LogP contribution >= 0.6 is 58.0 Å². The Balaban J connectivity index is 0.000000167. The molecule has 2 amide bonds. The van der Waals surface area contributed by atoms with Gasteiger partial charge in [-0.15, -0.1) is 11.6 Å². The Morgan fingerprint density at radius 2 is 0.929 bits per heavy atom. The number of amides is 2. The van der Waals surface area contributed by atoms with E-state index in [0.29, 0.717) is 102 Å². The second-order valence-corrected chi connectivity index (χ2v) is 22.8. The second kappa shape index (κ2) is 26.4. The van der Waals surface area contributed by atoms with Gasteiger partial charge in [-0.2, -0.15) is 10.2 Å². The fourth-order valence-electron chi connectivity index (χ4n) is 11.0. The molecule has 6 aromatic carbocycles. The molecule has 4 aliphatic rings. The number of nitrogens with zero attached hydrogens (tertiary/aromatic N) is 9. The second-order valence-electron chi connectivity index (χ2n) is 20.9. The molecule has 0 spiro atoms. The van der Waals surface area contributed by atoms with Crippen LogP contribution in [0.5, 0.6) is 0 Å². The van der Waals surface area contributed by atoms with Gasteiger partial charge in [-0.05, 0) is 124 Å². The van der Waals surface area contributed by atoms with Gasteiger partial charge in [0.2, 0.25) is 0 Å². The normalized spacial score (nSPS) is 16.7. The summed E-state index contributed by atoms with van der Waals surface area (Å²) in [6.45, 7) is 12.7. The molecule has 6 heterocycles. The Morgan fingerprint density at radius 1 is 0.518 bits per heavy atom. The highest BCUT2D eigenvalue weighted by Gasteiger charge is 2.41. The minimum atomic E-state index is -0.605. The van der Waals surface area contributed by atoms with Crippen molar-refractivity contribution in [2.75, 3.05) is 72.4 Å². The summed E-state index contributed by atoms with van der Waals surface area (Å²) in [5.74, 6) is 0.793. The molecule has 0 saturated carbocycles. The van der Waals surface area contributed by atoms with E-state index < -0.39 is 12.1 Å². The fraction of sp³-hybridized carbons (Fsp3) is 0.250. The number of aromatic nitrogens is 4. The van der Waals surface area contributed by atoms with E-state index in [9.17, 15) is 27.2 Å². The van der Waals surface area contributed by atoms with Gasteiger partial charge in [-0.3, -0.25) is 9.59 Å². The highest BCUT2D eigenvalue weighted by atomic mass is 35.5. The van der Waals surface area contributed by atoms with E-state index in [2.05, 4.69) is 20.2 Å². The number of piperazine rings is 2. The van der Waals surface area contributed by atoms with Gasteiger partial charge < -0.3 is 29.8 Å². The van der Waals surface area contributed by atoms with Crippen LogP contribution in [0.3, 0.4) is 0 Å². The lowest BCUT2D eigenvalue weighted by Crippen LogP contribution is -2.50. The van der Waals surface area contributed by atoms with Crippen LogP contribution in [0.2, 0.25) is 20.1 Å². The van der Waals surface area contributed by atoms with Crippen LogP contribution in [0, 0.1) is 37.1 Å². The summed E-state index contributed by atoms with van der Waals surface area (Å²) in [4.78, 5) is 38.4. The van der Waals surface area contributed by atoms with Gasteiger partial charge in [-0.25, -0.2) is 26.9 Å². The monoisotopic (exact) mass is 1250 g/mol. The number of fused-ring (bicyclic) bond motifs is 2. The lowest BCUT2D eigenvalue weighted by Gasteiger charge is -2.41. The van der Waals surface area contributed by atoms with Crippen LogP contribution in [0.1, 0.15) is 59.6 Å². The molecule has 0 bridgehead atoms. The Hall–Kier alpha value is -7.47. The Kier molecular flexibility index (Phi) is 18.9. The van der Waals surface area contributed by atoms with Crippen molar-refractivity contribution in [1.82, 2.24) is 29.4 Å². The van der Waals surface area contributed by atoms with E-state index in [4.69, 9.17) is 63.1 Å². The summed E-state index contributed by atoms with van der Waals surface area (Å²) in [5, 5.41) is 14.4. The summed E-state index contributed by atoms with van der Waals surface area (Å²) in [7, 11) is 0. The molecule has 0 aliphatic carbocycles. The zero-order valence-corrected chi connectivity index (χ0v) is 50.6. The first-order valence-electron chi connectivity index (χ1n) is 27.5. The molecule has 12 rings (SSSR count). The molecule has 85 heavy (non-hydrogen) atoms. The number of halogens is 9. The molecule has 8 aromatic rings. The maximum Gasteiger partial charge on any atom is 0.254 e. The lowest BCUT2D eigenvalue weighted by molar-refractivity contribution is -0.128. The average molecular weight is 1250 g/mol. The molecule has 2 unspecified atom stereocenters. The maximum atomic E-state index is 14.5. The van der Waals surface area contributed by atoms with Crippen LogP contribution in [0.4, 0.5) is 40.6 Å². The Morgan fingerprint density at radius 3 is 1.40 bits per heavy atom. The van der Waals surface area contributed by atoms with E-state index in [1.54, 1.807) is 60.7 Å².